The van der Waals surface area contributed by atoms with E-state index in [1.807, 2.05) is 0 Å². The van der Waals surface area contributed by atoms with Crippen LogP contribution in [0.5, 0.6) is 0 Å². The van der Waals surface area contributed by atoms with Gasteiger partial charge in [0.05, 0.1) is 11.1 Å². The lowest BCUT2D eigenvalue weighted by Gasteiger charge is -2.26. The van der Waals surface area contributed by atoms with Gasteiger partial charge in [-0.15, -0.1) is 0 Å². The van der Waals surface area contributed by atoms with Gasteiger partial charge in [0, 0.05) is 6.54 Å². The van der Waals surface area contributed by atoms with E-state index in [0.29, 0.717) is 12.5 Å². The Kier molecular flexibility index (Phi) is 5.37. The summed E-state index contributed by atoms with van der Waals surface area (Å²) in [5.41, 5.74) is 0.295. The van der Waals surface area contributed by atoms with E-state index in [0.717, 1.165) is 12.3 Å². The van der Waals surface area contributed by atoms with Crippen LogP contribution in [0.2, 0.25) is 0 Å². The van der Waals surface area contributed by atoms with E-state index in [1.165, 1.54) is 31.7 Å². The number of carboxylic acids is 1. The van der Waals surface area contributed by atoms with Crippen molar-refractivity contribution in [1.29, 1.82) is 0 Å². The number of nitrogens with one attached hydrogen (secondary N) is 1. The lowest BCUT2D eigenvalue weighted by Crippen LogP contribution is -2.28. The van der Waals surface area contributed by atoms with Crippen molar-refractivity contribution in [3.8, 4) is 0 Å². The molecule has 2 unspecified atom stereocenters. The summed E-state index contributed by atoms with van der Waals surface area (Å²) in [4.78, 5) is 23.2. The van der Waals surface area contributed by atoms with Crippen LogP contribution in [-0.4, -0.2) is 23.5 Å². The maximum absolute atomic E-state index is 12.1. The summed E-state index contributed by atoms with van der Waals surface area (Å²) in [6, 6.07) is 6.33. The van der Waals surface area contributed by atoms with Crippen LogP contribution in [0.4, 0.5) is 0 Å². The van der Waals surface area contributed by atoms with Crippen LogP contribution >= 0.6 is 0 Å². The Morgan fingerprint density at radius 1 is 1.24 bits per heavy atom. The first-order valence-electron chi connectivity index (χ1n) is 7.68. The van der Waals surface area contributed by atoms with E-state index < -0.39 is 5.97 Å². The van der Waals surface area contributed by atoms with Gasteiger partial charge < -0.3 is 10.4 Å². The second kappa shape index (κ2) is 7.25. The van der Waals surface area contributed by atoms with Crippen LogP contribution in [0, 0.1) is 11.8 Å². The molecule has 1 aliphatic rings. The molecule has 4 nitrogen and oxygen atoms in total. The smallest absolute Gasteiger partial charge is 0.336 e. The molecule has 114 valence electrons. The molecule has 1 aliphatic carbocycles. The molecule has 0 aromatic heterocycles. The van der Waals surface area contributed by atoms with E-state index in [1.54, 1.807) is 18.2 Å². The topological polar surface area (TPSA) is 66.4 Å². The van der Waals surface area contributed by atoms with Crippen LogP contribution in [0.3, 0.4) is 0 Å². The Morgan fingerprint density at radius 3 is 2.62 bits per heavy atom. The number of hydrogen-bond donors (Lipinski definition) is 2. The molecule has 0 spiro atoms. The molecule has 0 saturated heterocycles. The van der Waals surface area contributed by atoms with Gasteiger partial charge in [0.15, 0.2) is 0 Å². The molecule has 1 aromatic rings. The average Bonchev–Trinajstić information content (AvgIpc) is 2.47. The van der Waals surface area contributed by atoms with Crippen molar-refractivity contribution in [2.45, 2.75) is 39.0 Å². The highest BCUT2D eigenvalue weighted by Crippen LogP contribution is 2.30. The Hall–Kier alpha value is -1.84. The molecule has 2 N–H and O–H groups in total. The van der Waals surface area contributed by atoms with Crippen molar-refractivity contribution in [3.05, 3.63) is 35.4 Å². The molecule has 21 heavy (non-hydrogen) atoms. The Morgan fingerprint density at radius 2 is 1.95 bits per heavy atom. The molecular weight excluding hydrogens is 266 g/mol. The van der Waals surface area contributed by atoms with Gasteiger partial charge in [-0.2, -0.15) is 0 Å². The largest absolute Gasteiger partial charge is 0.478 e. The number of rotatable bonds is 5. The first kappa shape index (κ1) is 15.5. The predicted molar refractivity (Wildman–Crippen MR) is 81.5 cm³/mol. The van der Waals surface area contributed by atoms with E-state index in [9.17, 15) is 9.59 Å². The molecule has 2 atom stereocenters. The molecular formula is C17H23NO3. The third-order valence-corrected chi connectivity index (χ3v) is 4.29. The molecule has 2 rings (SSSR count). The molecule has 1 fully saturated rings. The van der Waals surface area contributed by atoms with Crippen LogP contribution in [0.15, 0.2) is 24.3 Å². The summed E-state index contributed by atoms with van der Waals surface area (Å²) < 4.78 is 0. The maximum atomic E-state index is 12.1. The second-order valence-corrected chi connectivity index (χ2v) is 6.03. The van der Waals surface area contributed by atoms with Crippen LogP contribution in [0.25, 0.3) is 0 Å². The molecule has 1 aromatic carbocycles. The third kappa shape index (κ3) is 4.31. The highest BCUT2D eigenvalue weighted by atomic mass is 16.4. The first-order valence-corrected chi connectivity index (χ1v) is 7.68. The number of carbonyl (C=O) groups excluding carboxylic acids is 1. The van der Waals surface area contributed by atoms with Crippen molar-refractivity contribution in [3.63, 3.8) is 0 Å². The summed E-state index contributed by atoms with van der Waals surface area (Å²) >= 11 is 0. The predicted octanol–water partition coefficient (Wildman–Crippen LogP) is 3.33. The molecule has 0 heterocycles. The molecule has 0 radical (unpaired) electrons. The molecule has 0 aliphatic heterocycles. The van der Waals surface area contributed by atoms with Gasteiger partial charge in [0.1, 0.15) is 0 Å². The number of hydrogen-bond acceptors (Lipinski definition) is 2. The Bertz CT molecular complexity index is 513. The SMILES string of the molecule is CC1CCCC(CCNC(=O)c2ccccc2C(=O)O)C1. The van der Waals surface area contributed by atoms with Gasteiger partial charge in [0.2, 0.25) is 0 Å². The number of amides is 1. The lowest BCUT2D eigenvalue weighted by atomic mass is 9.81. The summed E-state index contributed by atoms with van der Waals surface area (Å²) in [5, 5.41) is 11.9. The summed E-state index contributed by atoms with van der Waals surface area (Å²) in [7, 11) is 0. The second-order valence-electron chi connectivity index (χ2n) is 6.03. The Labute approximate surface area is 125 Å². The van der Waals surface area contributed by atoms with E-state index in [2.05, 4.69) is 12.2 Å². The normalized spacial score (nSPS) is 21.8. The minimum absolute atomic E-state index is 0.0567. The zero-order valence-corrected chi connectivity index (χ0v) is 12.5. The van der Waals surface area contributed by atoms with Crippen molar-refractivity contribution in [1.82, 2.24) is 5.32 Å². The van der Waals surface area contributed by atoms with Crippen molar-refractivity contribution in [2.24, 2.45) is 11.8 Å². The zero-order chi connectivity index (χ0) is 15.2. The maximum Gasteiger partial charge on any atom is 0.336 e. The minimum Gasteiger partial charge on any atom is -0.478 e. The molecule has 1 amide bonds. The van der Waals surface area contributed by atoms with Crippen LogP contribution in [-0.2, 0) is 0 Å². The van der Waals surface area contributed by atoms with Crippen LogP contribution < -0.4 is 5.32 Å². The number of carboxylic acid groups (broad SMARTS) is 1. The lowest BCUT2D eigenvalue weighted by molar-refractivity contribution is 0.0691. The highest BCUT2D eigenvalue weighted by molar-refractivity contribution is 6.04. The van der Waals surface area contributed by atoms with Gasteiger partial charge in [0.25, 0.3) is 5.91 Å². The van der Waals surface area contributed by atoms with Crippen molar-refractivity contribution >= 4 is 11.9 Å². The number of benzene rings is 1. The fourth-order valence-corrected chi connectivity index (χ4v) is 3.17. The highest BCUT2D eigenvalue weighted by Gasteiger charge is 2.19. The molecule has 0 bridgehead atoms. The first-order chi connectivity index (χ1) is 10.1. The van der Waals surface area contributed by atoms with E-state index in [-0.39, 0.29) is 17.0 Å². The monoisotopic (exact) mass is 289 g/mol. The fourth-order valence-electron chi connectivity index (χ4n) is 3.17. The summed E-state index contributed by atoms with van der Waals surface area (Å²) in [5.74, 6) is 0.106. The van der Waals surface area contributed by atoms with Gasteiger partial charge in [-0.3, -0.25) is 4.79 Å². The minimum atomic E-state index is -1.07. The van der Waals surface area contributed by atoms with Gasteiger partial charge >= 0.3 is 5.97 Å². The molecule has 1 saturated carbocycles. The van der Waals surface area contributed by atoms with Crippen molar-refractivity contribution in [2.75, 3.05) is 6.54 Å². The quantitative estimate of drug-likeness (QED) is 0.873. The summed E-state index contributed by atoms with van der Waals surface area (Å²) in [6.07, 6.45) is 6.05. The van der Waals surface area contributed by atoms with Crippen molar-refractivity contribution < 1.29 is 14.7 Å². The zero-order valence-electron chi connectivity index (χ0n) is 12.5. The fraction of sp³-hybridized carbons (Fsp3) is 0.529. The summed E-state index contributed by atoms with van der Waals surface area (Å²) in [6.45, 7) is 2.90. The number of carbonyl (C=O) groups is 2. The Balaban J connectivity index is 1.86. The third-order valence-electron chi connectivity index (χ3n) is 4.29. The van der Waals surface area contributed by atoms with Gasteiger partial charge in [-0.05, 0) is 36.8 Å². The van der Waals surface area contributed by atoms with Crippen LogP contribution in [0.1, 0.15) is 59.7 Å². The van der Waals surface area contributed by atoms with E-state index in [4.69, 9.17) is 5.11 Å². The van der Waals surface area contributed by atoms with E-state index >= 15 is 0 Å². The molecule has 4 heteroatoms. The average molecular weight is 289 g/mol. The standard InChI is InChI=1S/C17H23NO3/c1-12-5-4-6-13(11-12)9-10-18-16(19)14-7-2-3-8-15(14)17(20)21/h2-3,7-8,12-13H,4-6,9-11H2,1H3,(H,18,19)(H,20,21). The van der Waals surface area contributed by atoms with Gasteiger partial charge in [-0.1, -0.05) is 38.3 Å². The number of aromatic carboxylic acids is 1. The van der Waals surface area contributed by atoms with Gasteiger partial charge in [-0.25, -0.2) is 4.79 Å².